The summed E-state index contributed by atoms with van der Waals surface area (Å²) in [5.41, 5.74) is -1.15. The molecule has 336 valence electrons. The quantitative estimate of drug-likeness (QED) is 0.352. The van der Waals surface area contributed by atoms with Crippen molar-refractivity contribution < 1.29 is 72.5 Å². The third kappa shape index (κ3) is 9.07. The molecular weight excluding hydrogens is 860 g/mol. The summed E-state index contributed by atoms with van der Waals surface area (Å²) in [5.74, 6) is -6.36. The van der Waals surface area contributed by atoms with Crippen molar-refractivity contribution in [3.8, 4) is 0 Å². The van der Waals surface area contributed by atoms with Crippen molar-refractivity contribution in [1.82, 2.24) is 19.9 Å². The van der Waals surface area contributed by atoms with Gasteiger partial charge in [0.05, 0.1) is 37.9 Å². The highest BCUT2D eigenvalue weighted by Gasteiger charge is 2.56. The Hall–Kier alpha value is -5.00. The Bertz CT molecular complexity index is 2010. The van der Waals surface area contributed by atoms with E-state index in [1.807, 2.05) is 0 Å². The van der Waals surface area contributed by atoms with Gasteiger partial charge in [0, 0.05) is 62.3 Å². The Morgan fingerprint density at radius 2 is 0.855 bits per heavy atom. The molecule has 4 atom stereocenters. The van der Waals surface area contributed by atoms with Gasteiger partial charge in [0.25, 0.3) is 0 Å². The van der Waals surface area contributed by atoms with Crippen LogP contribution in [0.1, 0.15) is 49.9 Å². The molecule has 12 nitrogen and oxygen atoms in total. The van der Waals surface area contributed by atoms with Gasteiger partial charge in [-0.3, -0.25) is 19.6 Å². The van der Waals surface area contributed by atoms with Crippen molar-refractivity contribution in [3.63, 3.8) is 0 Å². The number of Topliss-reactive ketones (excluding diaryl/α,β-unsaturated/α-hetero) is 2. The molecule has 0 amide bonds. The molecule has 24 heteroatoms. The monoisotopic (exact) mass is 896 g/mol. The van der Waals surface area contributed by atoms with Gasteiger partial charge >= 0.3 is 24.7 Å². The summed E-state index contributed by atoms with van der Waals surface area (Å²) in [5, 5.41) is 19.9. The van der Waals surface area contributed by atoms with Crippen LogP contribution in [0.4, 0.5) is 64.3 Å². The van der Waals surface area contributed by atoms with Crippen LogP contribution in [-0.2, 0) is 21.9 Å². The lowest BCUT2D eigenvalue weighted by atomic mass is 9.74. The van der Waals surface area contributed by atoms with Crippen LogP contribution in [0.2, 0.25) is 0 Å². The van der Waals surface area contributed by atoms with E-state index >= 15 is 0 Å². The lowest BCUT2D eigenvalue weighted by molar-refractivity contribution is -0.191. The topological polar surface area (TPSA) is 157 Å². The van der Waals surface area contributed by atoms with Crippen LogP contribution in [-0.4, -0.2) is 117 Å². The molecule has 4 aliphatic heterocycles. The molecule has 2 saturated heterocycles. The van der Waals surface area contributed by atoms with Gasteiger partial charge in [-0.2, -0.15) is 52.7 Å². The number of alkyl halides is 12. The number of aliphatic imine (C=N–C) groups is 2. The maximum Gasteiger partial charge on any atom is 0.434 e. The first-order valence-electron chi connectivity index (χ1n) is 19.3. The average molecular weight is 897 g/mol. The molecule has 0 saturated carbocycles. The number of hydrogen-bond acceptors (Lipinski definition) is 12. The number of carbonyl (C=O) groups is 2. The Morgan fingerprint density at radius 3 is 1.13 bits per heavy atom. The number of nitrogens with zero attached hydrogens (tertiary/aromatic N) is 8. The summed E-state index contributed by atoms with van der Waals surface area (Å²) < 4.78 is 158. The summed E-state index contributed by atoms with van der Waals surface area (Å²) >= 11 is 0. The Morgan fingerprint density at radius 1 is 0.516 bits per heavy atom. The maximum absolute atomic E-state index is 13.6. The standard InChI is InChI=1S/2C19H18F6N4O2/c2*20-18(21,22)12-7-27-13(8-26-12)29-3-1-9(2-4-29)16-14-10(6-28-16)5-11(30)17(31)15(14)19(23,24)25/h2*7-9,15,17,31H,1-6H2/t2*15-,17+/m10/s1. The molecule has 62 heavy (non-hydrogen) atoms. The molecule has 0 spiro atoms. The van der Waals surface area contributed by atoms with Crippen molar-refractivity contribution in [1.29, 1.82) is 0 Å². The Labute approximate surface area is 343 Å². The number of halogens is 12. The number of aliphatic hydroxyl groups is 2. The van der Waals surface area contributed by atoms with Gasteiger partial charge in [0.1, 0.15) is 35.7 Å². The van der Waals surface area contributed by atoms with Gasteiger partial charge in [-0.15, -0.1) is 0 Å². The Balaban J connectivity index is 0.000000186. The van der Waals surface area contributed by atoms with Crippen LogP contribution >= 0.6 is 0 Å². The van der Waals surface area contributed by atoms with Crippen LogP contribution in [0.15, 0.2) is 57.1 Å². The fourth-order valence-corrected chi connectivity index (χ4v) is 8.85. The number of carbonyl (C=O) groups excluding carboxylic acids is 2. The molecule has 0 unspecified atom stereocenters. The number of hydrogen-bond donors (Lipinski definition) is 2. The first-order chi connectivity index (χ1) is 28.9. The summed E-state index contributed by atoms with van der Waals surface area (Å²) in [6.45, 7) is 1.44. The van der Waals surface area contributed by atoms with Gasteiger partial charge in [-0.25, -0.2) is 19.9 Å². The van der Waals surface area contributed by atoms with Gasteiger partial charge in [0.2, 0.25) is 0 Å². The molecule has 6 heterocycles. The van der Waals surface area contributed by atoms with Gasteiger partial charge < -0.3 is 20.0 Å². The van der Waals surface area contributed by atoms with Crippen LogP contribution < -0.4 is 9.80 Å². The third-order valence-electron chi connectivity index (χ3n) is 11.9. The minimum atomic E-state index is -4.78. The van der Waals surface area contributed by atoms with E-state index in [1.165, 1.54) is 0 Å². The van der Waals surface area contributed by atoms with Gasteiger partial charge in [-0.05, 0) is 48.0 Å². The van der Waals surface area contributed by atoms with Crippen molar-refractivity contribution in [2.45, 2.75) is 75.4 Å². The molecule has 0 aromatic carbocycles. The van der Waals surface area contributed by atoms with Crippen LogP contribution in [0.3, 0.4) is 0 Å². The lowest BCUT2D eigenvalue weighted by Crippen LogP contribution is -2.46. The van der Waals surface area contributed by atoms with E-state index in [-0.39, 0.29) is 72.0 Å². The second-order valence-electron chi connectivity index (χ2n) is 15.7. The number of anilines is 2. The van der Waals surface area contributed by atoms with Crippen molar-refractivity contribution >= 4 is 34.6 Å². The van der Waals surface area contributed by atoms with E-state index in [0.717, 1.165) is 12.4 Å². The zero-order valence-corrected chi connectivity index (χ0v) is 32.1. The predicted octanol–water partition coefficient (Wildman–Crippen LogP) is 5.95. The number of piperidine rings is 2. The Kier molecular flexibility index (Phi) is 12.1. The molecule has 2 aliphatic carbocycles. The molecule has 6 aliphatic rings. The van der Waals surface area contributed by atoms with E-state index < -0.39 is 71.7 Å². The average Bonchev–Trinajstić information content (AvgIpc) is 3.81. The first kappa shape index (κ1) is 45.0. The fraction of sp³-hybridized carbons (Fsp3) is 0.579. The molecule has 2 fully saturated rings. The van der Waals surface area contributed by atoms with Gasteiger partial charge in [-0.1, -0.05) is 0 Å². The van der Waals surface area contributed by atoms with Crippen LogP contribution in [0.25, 0.3) is 0 Å². The highest BCUT2D eigenvalue weighted by Crippen LogP contribution is 2.47. The first-order valence-corrected chi connectivity index (χ1v) is 19.3. The maximum atomic E-state index is 13.6. The van der Waals surface area contributed by atoms with Crippen LogP contribution in [0, 0.1) is 23.7 Å². The molecule has 2 N–H and O–H groups in total. The predicted molar refractivity (Wildman–Crippen MR) is 193 cm³/mol. The second-order valence-corrected chi connectivity index (χ2v) is 15.7. The van der Waals surface area contributed by atoms with E-state index in [1.54, 1.807) is 9.80 Å². The SMILES string of the molecule is O=C1CC2=C(C(C3CCN(c4cnc(C(F)(F)F)cn4)CC3)=NC2)[C@@H](C(F)(F)F)[C@H]1O.O=C1CC2=C(C(C3CCN(c4cnc(C(F)(F)F)cn4)CC3)=NC2)[C@H](C(F)(F)F)[C@@H]1O. The molecule has 0 radical (unpaired) electrons. The number of aromatic nitrogens is 4. The third-order valence-corrected chi connectivity index (χ3v) is 11.9. The van der Waals surface area contributed by atoms with Crippen molar-refractivity contribution in [2.75, 3.05) is 49.1 Å². The zero-order valence-electron chi connectivity index (χ0n) is 32.1. The molecule has 0 bridgehead atoms. The number of ketones is 2. The zero-order chi connectivity index (χ0) is 45.1. The summed E-state index contributed by atoms with van der Waals surface area (Å²) in [7, 11) is 0. The van der Waals surface area contributed by atoms with E-state index in [2.05, 4.69) is 29.9 Å². The summed E-state index contributed by atoms with van der Waals surface area (Å²) in [6.07, 6.45) is -18.5. The fourth-order valence-electron chi connectivity index (χ4n) is 8.85. The summed E-state index contributed by atoms with van der Waals surface area (Å²) in [6, 6.07) is 0. The second kappa shape index (κ2) is 16.6. The molecule has 8 rings (SSSR count). The highest BCUT2D eigenvalue weighted by atomic mass is 19.4. The number of rotatable bonds is 4. The smallest absolute Gasteiger partial charge is 0.384 e. The van der Waals surface area contributed by atoms with E-state index in [9.17, 15) is 72.5 Å². The minimum Gasteiger partial charge on any atom is -0.384 e. The van der Waals surface area contributed by atoms with Crippen LogP contribution in [0.5, 0.6) is 0 Å². The summed E-state index contributed by atoms with van der Waals surface area (Å²) in [4.78, 5) is 50.0. The number of aliphatic hydroxyl groups excluding tert-OH is 2. The van der Waals surface area contributed by atoms with Crippen molar-refractivity contribution in [3.05, 3.63) is 58.5 Å². The molecule has 2 aromatic heterocycles. The molecular formula is C38H36F12N8O4. The lowest BCUT2D eigenvalue weighted by Gasteiger charge is -2.36. The van der Waals surface area contributed by atoms with E-state index in [0.29, 0.717) is 75.4 Å². The normalized spacial score (nSPS) is 25.7. The van der Waals surface area contributed by atoms with E-state index in [4.69, 9.17) is 0 Å². The molecule has 2 aromatic rings. The van der Waals surface area contributed by atoms with Gasteiger partial charge in [0.15, 0.2) is 23.0 Å². The highest BCUT2D eigenvalue weighted by molar-refractivity contribution is 6.09. The van der Waals surface area contributed by atoms with Crippen molar-refractivity contribution in [2.24, 2.45) is 33.7 Å². The largest absolute Gasteiger partial charge is 0.434 e. The minimum absolute atomic E-state index is 0.0142.